The third-order valence-corrected chi connectivity index (χ3v) is 3.07. The zero-order valence-corrected chi connectivity index (χ0v) is 10.00. The zero-order valence-electron chi connectivity index (χ0n) is 9.24. The molecule has 0 spiro atoms. The fourth-order valence-corrected chi connectivity index (χ4v) is 2.18. The molecule has 0 atom stereocenters. The average Bonchev–Trinajstić information content (AvgIpc) is 2.46. The van der Waals surface area contributed by atoms with Crippen LogP contribution < -0.4 is 4.74 Å². The number of Topliss-reactive ketones (excluding diaryl/α,β-unsaturated/α-hetero) is 1. The van der Waals surface area contributed by atoms with Gasteiger partial charge in [0.05, 0.1) is 5.56 Å². The van der Waals surface area contributed by atoms with Crippen molar-refractivity contribution in [3.8, 4) is 11.5 Å². The highest BCUT2D eigenvalue weighted by Crippen LogP contribution is 2.35. The van der Waals surface area contributed by atoms with Gasteiger partial charge in [-0.05, 0) is 36.4 Å². The highest BCUT2D eigenvalue weighted by atomic mass is 35.5. The molecule has 0 N–H and O–H groups in total. The van der Waals surface area contributed by atoms with Crippen LogP contribution in [0.15, 0.2) is 36.4 Å². The number of fused-ring (bicyclic) bond motifs is 2. The van der Waals surface area contributed by atoms with Gasteiger partial charge in [-0.15, -0.1) is 0 Å². The molecule has 0 saturated heterocycles. The highest BCUT2D eigenvalue weighted by Gasteiger charge is 2.21. The topological polar surface area (TPSA) is 26.3 Å². The van der Waals surface area contributed by atoms with E-state index in [4.69, 9.17) is 16.3 Å². The van der Waals surface area contributed by atoms with Crippen LogP contribution in [0, 0.1) is 5.82 Å². The normalized spacial score (nSPS) is 13.3. The van der Waals surface area contributed by atoms with E-state index in [1.54, 1.807) is 18.2 Å². The predicted molar refractivity (Wildman–Crippen MR) is 66.0 cm³/mol. The van der Waals surface area contributed by atoms with Crippen LogP contribution in [0.4, 0.5) is 4.39 Å². The molecule has 0 unspecified atom stereocenters. The number of hydrogen-bond acceptors (Lipinski definition) is 2. The largest absolute Gasteiger partial charge is 0.456 e. The lowest BCUT2D eigenvalue weighted by Crippen LogP contribution is -2.02. The maximum atomic E-state index is 13.2. The van der Waals surface area contributed by atoms with E-state index in [1.165, 1.54) is 18.2 Å². The predicted octanol–water partition coefficient (Wildman–Crippen LogP) is 4.01. The molecular formula is C14H8ClFO2. The van der Waals surface area contributed by atoms with Crippen molar-refractivity contribution in [3.05, 3.63) is 58.4 Å². The molecule has 1 heterocycles. The standard InChI is InChI=1S/C14H8ClFO2/c15-9-1-3-13-8(5-9)6-12(17)11-7-10(16)2-4-14(11)18-13/h1-5,7H,6H2. The second kappa shape index (κ2) is 4.10. The van der Waals surface area contributed by atoms with Crippen molar-refractivity contribution >= 4 is 17.4 Å². The van der Waals surface area contributed by atoms with E-state index < -0.39 is 5.82 Å². The molecule has 0 amide bonds. The number of ether oxygens (including phenoxy) is 1. The van der Waals surface area contributed by atoms with E-state index in [0.717, 1.165) is 0 Å². The van der Waals surface area contributed by atoms with Crippen LogP contribution in [0.5, 0.6) is 11.5 Å². The van der Waals surface area contributed by atoms with Gasteiger partial charge in [0.15, 0.2) is 5.78 Å². The summed E-state index contributed by atoms with van der Waals surface area (Å²) in [6.07, 6.45) is 0.159. The number of carbonyl (C=O) groups is 1. The Morgan fingerprint density at radius 1 is 1.11 bits per heavy atom. The Labute approximate surface area is 108 Å². The molecule has 0 aromatic heterocycles. The molecule has 0 aliphatic carbocycles. The number of carbonyl (C=O) groups excluding carboxylic acids is 1. The minimum Gasteiger partial charge on any atom is -0.456 e. The molecule has 1 aliphatic rings. The first-order valence-electron chi connectivity index (χ1n) is 5.42. The summed E-state index contributed by atoms with van der Waals surface area (Å²) in [5.41, 5.74) is 0.978. The molecule has 2 aromatic carbocycles. The van der Waals surface area contributed by atoms with Gasteiger partial charge in [0.1, 0.15) is 17.3 Å². The average molecular weight is 263 g/mol. The lowest BCUT2D eigenvalue weighted by Gasteiger charge is -2.07. The quantitative estimate of drug-likeness (QED) is 0.717. The second-order valence-electron chi connectivity index (χ2n) is 4.09. The summed E-state index contributed by atoms with van der Waals surface area (Å²) in [5.74, 6) is 0.334. The summed E-state index contributed by atoms with van der Waals surface area (Å²) in [5, 5.41) is 0.544. The first kappa shape index (κ1) is 11.2. The minimum atomic E-state index is -0.449. The number of benzene rings is 2. The maximum Gasteiger partial charge on any atom is 0.171 e. The molecule has 18 heavy (non-hydrogen) atoms. The van der Waals surface area contributed by atoms with Crippen LogP contribution in [0.25, 0.3) is 0 Å². The lowest BCUT2D eigenvalue weighted by molar-refractivity contribution is 0.0993. The van der Waals surface area contributed by atoms with Crippen LogP contribution >= 0.6 is 11.6 Å². The van der Waals surface area contributed by atoms with E-state index in [2.05, 4.69) is 0 Å². The summed E-state index contributed by atoms with van der Waals surface area (Å²) in [4.78, 5) is 12.0. The third-order valence-electron chi connectivity index (χ3n) is 2.84. The molecule has 4 heteroatoms. The summed E-state index contributed by atoms with van der Waals surface area (Å²) < 4.78 is 18.8. The van der Waals surface area contributed by atoms with Crippen molar-refractivity contribution in [2.45, 2.75) is 6.42 Å². The fraction of sp³-hybridized carbons (Fsp3) is 0.0714. The van der Waals surface area contributed by atoms with Crippen molar-refractivity contribution in [2.75, 3.05) is 0 Å². The van der Waals surface area contributed by atoms with Crippen LogP contribution in [-0.4, -0.2) is 5.78 Å². The zero-order chi connectivity index (χ0) is 12.7. The smallest absolute Gasteiger partial charge is 0.171 e. The Kier molecular flexibility index (Phi) is 2.56. The van der Waals surface area contributed by atoms with E-state index in [-0.39, 0.29) is 17.8 Å². The van der Waals surface area contributed by atoms with Crippen molar-refractivity contribution in [1.82, 2.24) is 0 Å². The van der Waals surface area contributed by atoms with Gasteiger partial charge in [0, 0.05) is 17.0 Å². The molecule has 3 rings (SSSR count). The van der Waals surface area contributed by atoms with Gasteiger partial charge >= 0.3 is 0 Å². The molecule has 90 valence electrons. The Morgan fingerprint density at radius 3 is 2.72 bits per heavy atom. The van der Waals surface area contributed by atoms with E-state index in [0.29, 0.717) is 22.1 Å². The molecule has 0 radical (unpaired) electrons. The molecule has 1 aliphatic heterocycles. The number of ketones is 1. The SMILES string of the molecule is O=C1Cc2cc(Cl)ccc2Oc2ccc(F)cc21. The Balaban J connectivity index is 2.16. The first-order valence-corrected chi connectivity index (χ1v) is 5.80. The van der Waals surface area contributed by atoms with Crippen LogP contribution in [0.3, 0.4) is 0 Å². The third kappa shape index (κ3) is 1.87. The highest BCUT2D eigenvalue weighted by molar-refractivity contribution is 6.30. The monoisotopic (exact) mass is 262 g/mol. The minimum absolute atomic E-state index is 0.159. The van der Waals surface area contributed by atoms with Gasteiger partial charge in [-0.3, -0.25) is 4.79 Å². The van der Waals surface area contributed by atoms with Crippen molar-refractivity contribution in [3.63, 3.8) is 0 Å². The molecule has 2 aromatic rings. The van der Waals surface area contributed by atoms with Gasteiger partial charge in [-0.25, -0.2) is 4.39 Å². The number of hydrogen-bond donors (Lipinski definition) is 0. The first-order chi connectivity index (χ1) is 8.63. The van der Waals surface area contributed by atoms with Crippen LogP contribution in [0.2, 0.25) is 5.02 Å². The summed E-state index contributed by atoms with van der Waals surface area (Å²) >= 11 is 5.89. The summed E-state index contributed by atoms with van der Waals surface area (Å²) in [6.45, 7) is 0. The lowest BCUT2D eigenvalue weighted by atomic mass is 10.0. The molecule has 0 saturated carbocycles. The molecule has 0 fully saturated rings. The van der Waals surface area contributed by atoms with Crippen molar-refractivity contribution in [1.29, 1.82) is 0 Å². The summed E-state index contributed by atoms with van der Waals surface area (Å²) in [7, 11) is 0. The van der Waals surface area contributed by atoms with E-state index >= 15 is 0 Å². The Morgan fingerprint density at radius 2 is 1.89 bits per heavy atom. The molecule has 2 nitrogen and oxygen atoms in total. The van der Waals surface area contributed by atoms with Crippen LogP contribution in [0.1, 0.15) is 15.9 Å². The number of halogens is 2. The van der Waals surface area contributed by atoms with Gasteiger partial charge < -0.3 is 4.74 Å². The van der Waals surface area contributed by atoms with Crippen LogP contribution in [-0.2, 0) is 6.42 Å². The fourth-order valence-electron chi connectivity index (χ4n) is 1.98. The Hall–Kier alpha value is -1.87. The van der Waals surface area contributed by atoms with Gasteiger partial charge in [0.25, 0.3) is 0 Å². The molecule has 0 bridgehead atoms. The van der Waals surface area contributed by atoms with Gasteiger partial charge in [-0.2, -0.15) is 0 Å². The summed E-state index contributed by atoms with van der Waals surface area (Å²) in [6, 6.07) is 9.03. The van der Waals surface area contributed by atoms with E-state index in [1.807, 2.05) is 0 Å². The molecular weight excluding hydrogens is 255 g/mol. The van der Waals surface area contributed by atoms with Crippen molar-refractivity contribution in [2.24, 2.45) is 0 Å². The van der Waals surface area contributed by atoms with Gasteiger partial charge in [-0.1, -0.05) is 11.6 Å². The Bertz CT molecular complexity index is 652. The van der Waals surface area contributed by atoms with Gasteiger partial charge in [0.2, 0.25) is 0 Å². The van der Waals surface area contributed by atoms with E-state index in [9.17, 15) is 9.18 Å². The second-order valence-corrected chi connectivity index (χ2v) is 4.53. The van der Waals surface area contributed by atoms with Crippen molar-refractivity contribution < 1.29 is 13.9 Å². The number of rotatable bonds is 0. The maximum absolute atomic E-state index is 13.2.